The minimum atomic E-state index is -0.233. The first kappa shape index (κ1) is 10.7. The lowest BCUT2D eigenvalue weighted by molar-refractivity contribution is 0.619. The van der Waals surface area contributed by atoms with Gasteiger partial charge in [0.2, 0.25) is 0 Å². The summed E-state index contributed by atoms with van der Waals surface area (Å²) >= 11 is 0. The standard InChI is InChI=1S/C12H14FN3/c1-8-3-4-11(13)5-10(8)7-16-12(14)9(2)6-15-16/h3-6H,7,14H2,1-2H3. The molecule has 0 saturated carbocycles. The normalized spacial score (nSPS) is 10.7. The number of rotatable bonds is 2. The van der Waals surface area contributed by atoms with Crippen molar-refractivity contribution in [1.82, 2.24) is 9.78 Å². The first-order valence-corrected chi connectivity index (χ1v) is 5.11. The molecule has 0 unspecified atom stereocenters. The maximum absolute atomic E-state index is 13.1. The van der Waals surface area contributed by atoms with Gasteiger partial charge in [0, 0.05) is 5.56 Å². The van der Waals surface area contributed by atoms with Gasteiger partial charge < -0.3 is 5.73 Å². The fourth-order valence-corrected chi connectivity index (χ4v) is 1.59. The lowest BCUT2D eigenvalue weighted by Gasteiger charge is -2.08. The highest BCUT2D eigenvalue weighted by Gasteiger charge is 2.06. The van der Waals surface area contributed by atoms with Crippen LogP contribution in [0.15, 0.2) is 24.4 Å². The van der Waals surface area contributed by atoms with E-state index < -0.39 is 0 Å². The van der Waals surface area contributed by atoms with Crippen LogP contribution in [0.3, 0.4) is 0 Å². The van der Waals surface area contributed by atoms with Crippen LogP contribution in [0.1, 0.15) is 16.7 Å². The maximum Gasteiger partial charge on any atom is 0.124 e. The molecule has 0 aliphatic carbocycles. The van der Waals surface area contributed by atoms with Gasteiger partial charge in [0.1, 0.15) is 11.6 Å². The van der Waals surface area contributed by atoms with Crippen LogP contribution in [0.4, 0.5) is 10.2 Å². The zero-order chi connectivity index (χ0) is 11.7. The molecule has 0 radical (unpaired) electrons. The molecular formula is C12H14FN3. The van der Waals surface area contributed by atoms with E-state index in [0.717, 1.165) is 16.7 Å². The molecule has 0 aliphatic heterocycles. The van der Waals surface area contributed by atoms with Gasteiger partial charge in [-0.1, -0.05) is 6.07 Å². The van der Waals surface area contributed by atoms with Gasteiger partial charge in [-0.2, -0.15) is 5.10 Å². The van der Waals surface area contributed by atoms with Gasteiger partial charge >= 0.3 is 0 Å². The smallest absolute Gasteiger partial charge is 0.124 e. The summed E-state index contributed by atoms with van der Waals surface area (Å²) in [5, 5.41) is 4.15. The Bertz CT molecular complexity index is 517. The van der Waals surface area contributed by atoms with Crippen LogP contribution < -0.4 is 5.73 Å². The lowest BCUT2D eigenvalue weighted by atomic mass is 10.1. The predicted molar refractivity (Wildman–Crippen MR) is 61.6 cm³/mol. The van der Waals surface area contributed by atoms with Crippen molar-refractivity contribution in [1.29, 1.82) is 0 Å². The Hall–Kier alpha value is -1.84. The van der Waals surface area contributed by atoms with Crippen LogP contribution in [0, 0.1) is 19.7 Å². The molecule has 0 fully saturated rings. The molecular weight excluding hydrogens is 205 g/mol. The third kappa shape index (κ3) is 1.91. The number of anilines is 1. The number of aryl methyl sites for hydroxylation is 2. The van der Waals surface area contributed by atoms with Crippen molar-refractivity contribution >= 4 is 5.82 Å². The SMILES string of the molecule is Cc1ccc(F)cc1Cn1ncc(C)c1N. The summed E-state index contributed by atoms with van der Waals surface area (Å²) in [4.78, 5) is 0. The number of hydrogen-bond donors (Lipinski definition) is 1. The second-order valence-corrected chi connectivity index (χ2v) is 3.94. The van der Waals surface area contributed by atoms with Gasteiger partial charge in [-0.3, -0.25) is 0 Å². The third-order valence-corrected chi connectivity index (χ3v) is 2.70. The Kier molecular flexibility index (Phi) is 2.64. The molecule has 84 valence electrons. The van der Waals surface area contributed by atoms with Crippen molar-refractivity contribution in [2.24, 2.45) is 0 Å². The first-order chi connectivity index (χ1) is 7.58. The van der Waals surface area contributed by atoms with Crippen LogP contribution in [-0.2, 0) is 6.54 Å². The van der Waals surface area contributed by atoms with Gasteiger partial charge in [0.05, 0.1) is 12.7 Å². The summed E-state index contributed by atoms with van der Waals surface area (Å²) in [5.41, 5.74) is 8.72. The maximum atomic E-state index is 13.1. The summed E-state index contributed by atoms with van der Waals surface area (Å²) in [6.07, 6.45) is 1.71. The van der Waals surface area contributed by atoms with Crippen LogP contribution >= 0.6 is 0 Å². The van der Waals surface area contributed by atoms with Crippen LogP contribution in [0.2, 0.25) is 0 Å². The van der Waals surface area contributed by atoms with Gasteiger partial charge in [0.25, 0.3) is 0 Å². The average molecular weight is 219 g/mol. The molecule has 0 amide bonds. The summed E-state index contributed by atoms with van der Waals surface area (Å²) in [5.74, 6) is 0.395. The molecule has 0 aliphatic rings. The van der Waals surface area contributed by atoms with Gasteiger partial charge in [-0.05, 0) is 37.1 Å². The molecule has 2 aromatic rings. The molecule has 3 nitrogen and oxygen atoms in total. The molecule has 1 aromatic carbocycles. The monoisotopic (exact) mass is 219 g/mol. The zero-order valence-corrected chi connectivity index (χ0v) is 9.37. The van der Waals surface area contributed by atoms with Crippen molar-refractivity contribution in [3.05, 3.63) is 46.9 Å². The van der Waals surface area contributed by atoms with Crippen molar-refractivity contribution in [3.63, 3.8) is 0 Å². The fraction of sp³-hybridized carbons (Fsp3) is 0.250. The Morgan fingerprint density at radius 2 is 2.06 bits per heavy atom. The average Bonchev–Trinajstić information content (AvgIpc) is 2.55. The number of halogens is 1. The van der Waals surface area contributed by atoms with E-state index in [-0.39, 0.29) is 5.82 Å². The molecule has 0 spiro atoms. The highest BCUT2D eigenvalue weighted by molar-refractivity contribution is 5.38. The Labute approximate surface area is 93.7 Å². The topological polar surface area (TPSA) is 43.8 Å². The quantitative estimate of drug-likeness (QED) is 0.842. The van der Waals surface area contributed by atoms with Gasteiger partial charge in [0.15, 0.2) is 0 Å². The second kappa shape index (κ2) is 3.96. The lowest BCUT2D eigenvalue weighted by Crippen LogP contribution is -2.07. The summed E-state index contributed by atoms with van der Waals surface area (Å²) in [7, 11) is 0. The molecule has 0 bridgehead atoms. The van der Waals surface area contributed by atoms with E-state index in [9.17, 15) is 4.39 Å². The Balaban J connectivity index is 2.33. The van der Waals surface area contributed by atoms with Crippen molar-refractivity contribution in [2.45, 2.75) is 20.4 Å². The Morgan fingerprint density at radius 3 is 2.69 bits per heavy atom. The van der Waals surface area contributed by atoms with E-state index in [4.69, 9.17) is 5.73 Å². The molecule has 1 aromatic heterocycles. The van der Waals surface area contributed by atoms with Crippen LogP contribution in [0.5, 0.6) is 0 Å². The predicted octanol–water partition coefficient (Wildman–Crippen LogP) is 2.27. The number of benzene rings is 1. The van der Waals surface area contributed by atoms with Crippen molar-refractivity contribution in [3.8, 4) is 0 Å². The largest absolute Gasteiger partial charge is 0.384 e. The highest BCUT2D eigenvalue weighted by Crippen LogP contribution is 2.15. The number of nitrogen functional groups attached to an aromatic ring is 1. The Morgan fingerprint density at radius 1 is 1.31 bits per heavy atom. The second-order valence-electron chi connectivity index (χ2n) is 3.94. The summed E-state index contributed by atoms with van der Waals surface area (Å²) < 4.78 is 14.8. The number of nitrogens with two attached hydrogens (primary N) is 1. The van der Waals surface area contributed by atoms with E-state index >= 15 is 0 Å². The molecule has 2 N–H and O–H groups in total. The molecule has 0 saturated heterocycles. The minimum absolute atomic E-state index is 0.233. The molecule has 2 rings (SSSR count). The molecule has 1 heterocycles. The van der Waals surface area contributed by atoms with E-state index in [0.29, 0.717) is 12.4 Å². The summed E-state index contributed by atoms with van der Waals surface area (Å²) in [6, 6.07) is 4.74. The van der Waals surface area contributed by atoms with E-state index in [1.54, 1.807) is 16.9 Å². The van der Waals surface area contributed by atoms with E-state index in [2.05, 4.69) is 5.10 Å². The van der Waals surface area contributed by atoms with E-state index in [1.165, 1.54) is 12.1 Å². The molecule has 0 atom stereocenters. The van der Waals surface area contributed by atoms with Crippen LogP contribution in [0.25, 0.3) is 0 Å². The fourth-order valence-electron chi connectivity index (χ4n) is 1.59. The van der Waals surface area contributed by atoms with E-state index in [1.807, 2.05) is 13.8 Å². The zero-order valence-electron chi connectivity index (χ0n) is 9.37. The number of aromatic nitrogens is 2. The number of nitrogens with zero attached hydrogens (tertiary/aromatic N) is 2. The van der Waals surface area contributed by atoms with Crippen molar-refractivity contribution in [2.75, 3.05) is 5.73 Å². The molecule has 16 heavy (non-hydrogen) atoms. The van der Waals surface area contributed by atoms with Gasteiger partial charge in [-0.25, -0.2) is 9.07 Å². The van der Waals surface area contributed by atoms with Crippen LogP contribution in [-0.4, -0.2) is 9.78 Å². The molecule has 4 heteroatoms. The van der Waals surface area contributed by atoms with Crippen molar-refractivity contribution < 1.29 is 4.39 Å². The minimum Gasteiger partial charge on any atom is -0.384 e. The highest BCUT2D eigenvalue weighted by atomic mass is 19.1. The first-order valence-electron chi connectivity index (χ1n) is 5.11. The summed E-state index contributed by atoms with van der Waals surface area (Å²) in [6.45, 7) is 4.35. The third-order valence-electron chi connectivity index (χ3n) is 2.70. The van der Waals surface area contributed by atoms with Gasteiger partial charge in [-0.15, -0.1) is 0 Å². The number of hydrogen-bond acceptors (Lipinski definition) is 2.